The van der Waals surface area contributed by atoms with Crippen molar-refractivity contribution in [2.45, 2.75) is 44.4 Å². The van der Waals surface area contributed by atoms with Crippen molar-refractivity contribution in [3.63, 3.8) is 0 Å². The minimum atomic E-state index is -0.128. The van der Waals surface area contributed by atoms with Gasteiger partial charge >= 0.3 is 0 Å². The average Bonchev–Trinajstić information content (AvgIpc) is 2.89. The lowest BCUT2D eigenvalue weighted by Crippen LogP contribution is -2.37. The van der Waals surface area contributed by atoms with Crippen LogP contribution in [0.1, 0.15) is 59.5 Å². The van der Waals surface area contributed by atoms with Crippen molar-refractivity contribution in [2.24, 2.45) is 0 Å². The summed E-state index contributed by atoms with van der Waals surface area (Å²) in [5, 5.41) is 0.793. The van der Waals surface area contributed by atoms with Gasteiger partial charge < -0.3 is 4.90 Å². The van der Waals surface area contributed by atoms with E-state index in [2.05, 4.69) is 17.0 Å². The van der Waals surface area contributed by atoms with E-state index in [0.717, 1.165) is 43.1 Å². The van der Waals surface area contributed by atoms with Gasteiger partial charge in [-0.05, 0) is 87.0 Å². The fourth-order valence-electron chi connectivity index (χ4n) is 4.64. The zero-order chi connectivity index (χ0) is 20.9. The van der Waals surface area contributed by atoms with Crippen LogP contribution in [0, 0.1) is 0 Å². The Morgan fingerprint density at radius 2 is 1.57 bits per heavy atom. The third-order valence-corrected chi connectivity index (χ3v) is 6.69. The molecule has 2 heterocycles. The molecule has 1 saturated heterocycles. The second-order valence-electron chi connectivity index (χ2n) is 8.38. The van der Waals surface area contributed by atoms with Crippen LogP contribution in [-0.4, -0.2) is 47.8 Å². The molecule has 0 saturated carbocycles. The van der Waals surface area contributed by atoms with Crippen LogP contribution in [0.3, 0.4) is 0 Å². The smallest absolute Gasteiger partial charge is 0.260 e. The van der Waals surface area contributed by atoms with Crippen LogP contribution in [0.25, 0.3) is 0 Å². The number of halogens is 1. The normalized spacial score (nSPS) is 18.4. The number of imide groups is 1. The first-order chi connectivity index (χ1) is 14.6. The zero-order valence-electron chi connectivity index (χ0n) is 17.4. The number of rotatable bonds is 6. The number of benzene rings is 2. The number of fused-ring (bicyclic) bond motifs is 1. The summed E-state index contributed by atoms with van der Waals surface area (Å²) in [6.45, 7) is 3.75. The lowest BCUT2D eigenvalue weighted by Gasteiger charge is -2.32. The highest BCUT2D eigenvalue weighted by molar-refractivity contribution is 6.30. The van der Waals surface area contributed by atoms with Crippen LogP contribution in [0.15, 0.2) is 48.5 Å². The molecular formula is C25H29ClN2O2. The number of nitrogens with zero attached hydrogens (tertiary/aromatic N) is 2. The molecule has 4 nitrogen and oxygen atoms in total. The molecule has 2 aromatic carbocycles. The van der Waals surface area contributed by atoms with Gasteiger partial charge in [0.2, 0.25) is 5.91 Å². The first-order valence-electron chi connectivity index (χ1n) is 11.0. The number of carbonyl (C=O) groups excluding carboxylic acids is 2. The van der Waals surface area contributed by atoms with E-state index in [1.54, 1.807) is 0 Å². The number of aryl methyl sites for hydroxylation is 1. The van der Waals surface area contributed by atoms with Crippen molar-refractivity contribution in [3.05, 3.63) is 70.2 Å². The second-order valence-corrected chi connectivity index (χ2v) is 8.82. The molecule has 158 valence electrons. The zero-order valence-corrected chi connectivity index (χ0v) is 18.1. The third kappa shape index (κ3) is 4.93. The molecular weight excluding hydrogens is 396 g/mol. The Hall–Kier alpha value is -2.17. The highest BCUT2D eigenvalue weighted by atomic mass is 35.5. The second kappa shape index (κ2) is 9.76. The number of likely N-dealkylation sites (tertiary alicyclic amines) is 1. The monoisotopic (exact) mass is 424 g/mol. The maximum atomic E-state index is 12.8. The van der Waals surface area contributed by atoms with E-state index in [9.17, 15) is 9.59 Å². The van der Waals surface area contributed by atoms with Crippen molar-refractivity contribution in [1.82, 2.24) is 9.80 Å². The summed E-state index contributed by atoms with van der Waals surface area (Å²) in [5.74, 6) is 0.447. The van der Waals surface area contributed by atoms with Crippen LogP contribution in [-0.2, 0) is 11.2 Å². The third-order valence-electron chi connectivity index (χ3n) is 6.44. The highest BCUT2D eigenvalue weighted by Gasteiger charge is 2.27. The summed E-state index contributed by atoms with van der Waals surface area (Å²) in [4.78, 5) is 29.3. The first-order valence-corrected chi connectivity index (χ1v) is 11.4. The molecule has 2 aromatic rings. The van der Waals surface area contributed by atoms with Gasteiger partial charge in [0.1, 0.15) is 0 Å². The molecule has 2 amide bonds. The van der Waals surface area contributed by atoms with Gasteiger partial charge in [-0.3, -0.25) is 14.5 Å². The Balaban J connectivity index is 1.22. The summed E-state index contributed by atoms with van der Waals surface area (Å²) < 4.78 is 0. The van der Waals surface area contributed by atoms with Crippen LogP contribution in [0.5, 0.6) is 0 Å². The average molecular weight is 425 g/mol. The van der Waals surface area contributed by atoms with Crippen LogP contribution in [0.4, 0.5) is 0 Å². The Morgan fingerprint density at radius 3 is 2.33 bits per heavy atom. The summed E-state index contributed by atoms with van der Waals surface area (Å²) in [6, 6.07) is 15.9. The molecule has 0 unspecified atom stereocenters. The summed E-state index contributed by atoms with van der Waals surface area (Å²) in [6.07, 6.45) is 5.27. The predicted octanol–water partition coefficient (Wildman–Crippen LogP) is 4.91. The van der Waals surface area contributed by atoms with Gasteiger partial charge in [0.05, 0.1) is 0 Å². The van der Waals surface area contributed by atoms with Gasteiger partial charge in [0.25, 0.3) is 5.91 Å². The minimum Gasteiger partial charge on any atom is -0.303 e. The Morgan fingerprint density at radius 1 is 0.867 bits per heavy atom. The fourth-order valence-corrected chi connectivity index (χ4v) is 4.76. The fraction of sp³-hybridized carbons (Fsp3) is 0.440. The summed E-state index contributed by atoms with van der Waals surface area (Å²) >= 11 is 6.00. The van der Waals surface area contributed by atoms with Crippen LogP contribution < -0.4 is 0 Å². The van der Waals surface area contributed by atoms with E-state index in [0.29, 0.717) is 30.9 Å². The van der Waals surface area contributed by atoms with E-state index >= 15 is 0 Å². The lowest BCUT2D eigenvalue weighted by molar-refractivity contribution is -0.128. The largest absolute Gasteiger partial charge is 0.303 e. The van der Waals surface area contributed by atoms with Gasteiger partial charge in [-0.2, -0.15) is 0 Å². The van der Waals surface area contributed by atoms with Crippen LogP contribution in [0.2, 0.25) is 5.02 Å². The lowest BCUT2D eigenvalue weighted by atomic mass is 9.89. The number of piperidine rings is 1. The quantitative estimate of drug-likeness (QED) is 0.488. The molecule has 0 bridgehead atoms. The van der Waals surface area contributed by atoms with Gasteiger partial charge in [0.15, 0.2) is 0 Å². The molecule has 30 heavy (non-hydrogen) atoms. The number of unbranched alkanes of at least 4 members (excludes halogenated alkanes) is 1. The maximum absolute atomic E-state index is 12.8. The highest BCUT2D eigenvalue weighted by Crippen LogP contribution is 2.29. The van der Waals surface area contributed by atoms with E-state index < -0.39 is 0 Å². The first kappa shape index (κ1) is 21.1. The summed E-state index contributed by atoms with van der Waals surface area (Å²) in [7, 11) is 0. The molecule has 0 radical (unpaired) electrons. The standard InChI is InChI=1S/C25H29ClN2O2/c26-22-10-7-19(8-11-22)20-13-17-27(18-14-20)15-3-4-16-28-24(29)12-9-21-5-1-2-6-23(21)25(28)30/h1-2,5-8,10-11,20H,3-4,9,12-18H2. The molecule has 0 spiro atoms. The molecule has 0 aromatic heterocycles. The van der Waals surface area contributed by atoms with Gasteiger partial charge in [-0.15, -0.1) is 0 Å². The molecule has 0 N–H and O–H groups in total. The molecule has 0 aliphatic carbocycles. The number of hydrogen-bond donors (Lipinski definition) is 0. The van der Waals surface area contributed by atoms with Crippen molar-refractivity contribution in [1.29, 1.82) is 0 Å². The molecule has 2 aliphatic rings. The van der Waals surface area contributed by atoms with E-state index in [1.165, 1.54) is 23.3 Å². The van der Waals surface area contributed by atoms with E-state index in [4.69, 9.17) is 11.6 Å². The SMILES string of the molecule is O=C1CCc2ccccc2C(=O)N1CCCCN1CCC(c2ccc(Cl)cc2)CC1. The van der Waals surface area contributed by atoms with Crippen molar-refractivity contribution < 1.29 is 9.59 Å². The van der Waals surface area contributed by atoms with Gasteiger partial charge in [-0.25, -0.2) is 0 Å². The number of hydrogen-bond acceptors (Lipinski definition) is 3. The van der Waals surface area contributed by atoms with Crippen molar-refractivity contribution in [2.75, 3.05) is 26.2 Å². The number of amides is 2. The molecule has 4 rings (SSSR count). The molecule has 2 aliphatic heterocycles. The van der Waals surface area contributed by atoms with Crippen molar-refractivity contribution >= 4 is 23.4 Å². The maximum Gasteiger partial charge on any atom is 0.260 e. The van der Waals surface area contributed by atoms with Crippen LogP contribution >= 0.6 is 11.6 Å². The Kier molecular flexibility index (Phi) is 6.86. The Bertz CT molecular complexity index is 888. The predicted molar refractivity (Wildman–Crippen MR) is 120 cm³/mol. The molecule has 0 atom stereocenters. The van der Waals surface area contributed by atoms with Crippen molar-refractivity contribution in [3.8, 4) is 0 Å². The Labute approximate surface area is 183 Å². The van der Waals surface area contributed by atoms with E-state index in [1.807, 2.05) is 36.4 Å². The topological polar surface area (TPSA) is 40.6 Å². The van der Waals surface area contributed by atoms with Gasteiger partial charge in [0, 0.05) is 23.6 Å². The van der Waals surface area contributed by atoms with Gasteiger partial charge in [-0.1, -0.05) is 41.9 Å². The summed E-state index contributed by atoms with van der Waals surface area (Å²) in [5.41, 5.74) is 3.06. The molecule has 5 heteroatoms. The minimum absolute atomic E-state index is 0.0417. The van der Waals surface area contributed by atoms with E-state index in [-0.39, 0.29) is 11.8 Å². The molecule has 1 fully saturated rings. The number of carbonyl (C=O) groups is 2.